The molecule has 0 aromatic heterocycles. The molecule has 0 spiro atoms. The Morgan fingerprint density at radius 2 is 1.83 bits per heavy atom. The molecule has 0 unspecified atom stereocenters. The highest BCUT2D eigenvalue weighted by molar-refractivity contribution is 7.99. The lowest BCUT2D eigenvalue weighted by Gasteiger charge is -2.27. The summed E-state index contributed by atoms with van der Waals surface area (Å²) >= 11 is 1.93. The maximum atomic E-state index is 3.27. The standard InChI is InChI=1S/C20H26N2S/c1-3-23-18-12-11-17-10-9-16-7-4-5-8-19(16)22(20(17)15-18)14-6-13-21-2/h4-5,7-8,11-12,15,21H,3,6,9-10,13-14H2,1-2H3. The summed E-state index contributed by atoms with van der Waals surface area (Å²) in [5.74, 6) is 1.12. The molecular weight excluding hydrogens is 300 g/mol. The molecule has 0 saturated carbocycles. The normalized spacial score (nSPS) is 13.4. The maximum absolute atomic E-state index is 3.27. The van der Waals surface area contributed by atoms with E-state index in [-0.39, 0.29) is 0 Å². The van der Waals surface area contributed by atoms with Gasteiger partial charge in [0, 0.05) is 22.8 Å². The van der Waals surface area contributed by atoms with E-state index in [1.165, 1.54) is 27.4 Å². The van der Waals surface area contributed by atoms with Crippen LogP contribution in [0.3, 0.4) is 0 Å². The van der Waals surface area contributed by atoms with E-state index < -0.39 is 0 Å². The van der Waals surface area contributed by atoms with Crippen molar-refractivity contribution in [3.05, 3.63) is 53.6 Å². The number of hydrogen-bond donors (Lipinski definition) is 1. The van der Waals surface area contributed by atoms with E-state index in [1.54, 1.807) is 0 Å². The highest BCUT2D eigenvalue weighted by atomic mass is 32.2. The van der Waals surface area contributed by atoms with E-state index in [1.807, 2.05) is 18.8 Å². The molecule has 1 aliphatic rings. The lowest BCUT2D eigenvalue weighted by atomic mass is 10.0. The number of rotatable bonds is 6. The molecule has 2 aromatic rings. The molecule has 0 radical (unpaired) electrons. The third-order valence-electron chi connectivity index (χ3n) is 4.41. The van der Waals surface area contributed by atoms with Gasteiger partial charge in [-0.3, -0.25) is 0 Å². The zero-order chi connectivity index (χ0) is 16.1. The first-order valence-corrected chi connectivity index (χ1v) is 9.57. The van der Waals surface area contributed by atoms with E-state index in [4.69, 9.17) is 0 Å². The number of nitrogens with zero attached hydrogens (tertiary/aromatic N) is 1. The van der Waals surface area contributed by atoms with Crippen LogP contribution in [-0.2, 0) is 12.8 Å². The van der Waals surface area contributed by atoms with Crippen LogP contribution in [0.5, 0.6) is 0 Å². The topological polar surface area (TPSA) is 15.3 Å². The predicted octanol–water partition coefficient (Wildman–Crippen LogP) is 4.64. The van der Waals surface area contributed by atoms with Gasteiger partial charge in [0.15, 0.2) is 0 Å². The van der Waals surface area contributed by atoms with Crippen molar-refractivity contribution in [3.8, 4) is 0 Å². The van der Waals surface area contributed by atoms with Crippen molar-refractivity contribution in [2.75, 3.05) is 30.8 Å². The molecule has 3 heteroatoms. The quantitative estimate of drug-likeness (QED) is 0.615. The van der Waals surface area contributed by atoms with Gasteiger partial charge in [0.05, 0.1) is 0 Å². The molecule has 1 N–H and O–H groups in total. The molecule has 23 heavy (non-hydrogen) atoms. The van der Waals surface area contributed by atoms with Crippen LogP contribution in [0, 0.1) is 0 Å². The molecule has 0 saturated heterocycles. The third-order valence-corrected chi connectivity index (χ3v) is 5.29. The predicted molar refractivity (Wildman–Crippen MR) is 102 cm³/mol. The number of nitrogens with one attached hydrogen (secondary N) is 1. The molecule has 2 aromatic carbocycles. The van der Waals surface area contributed by atoms with Gasteiger partial charge in [-0.05, 0) is 67.9 Å². The van der Waals surface area contributed by atoms with Crippen LogP contribution in [0.25, 0.3) is 0 Å². The fourth-order valence-corrected chi connectivity index (χ4v) is 3.99. The van der Waals surface area contributed by atoms with Gasteiger partial charge in [-0.25, -0.2) is 0 Å². The fraction of sp³-hybridized carbons (Fsp3) is 0.400. The minimum Gasteiger partial charge on any atom is -0.341 e. The molecule has 1 aliphatic heterocycles. The van der Waals surface area contributed by atoms with Gasteiger partial charge in [0.1, 0.15) is 0 Å². The summed E-state index contributed by atoms with van der Waals surface area (Å²) in [6.07, 6.45) is 3.41. The average Bonchev–Trinajstić information content (AvgIpc) is 2.73. The zero-order valence-corrected chi connectivity index (χ0v) is 15.0. The number of fused-ring (bicyclic) bond motifs is 2. The Bertz CT molecular complexity index is 654. The Balaban J connectivity index is 2.01. The van der Waals surface area contributed by atoms with E-state index in [0.717, 1.165) is 38.1 Å². The Labute approximate surface area is 144 Å². The van der Waals surface area contributed by atoms with Crippen molar-refractivity contribution >= 4 is 23.1 Å². The molecule has 0 amide bonds. The van der Waals surface area contributed by atoms with Gasteiger partial charge in [-0.15, -0.1) is 11.8 Å². The van der Waals surface area contributed by atoms with Crippen molar-refractivity contribution in [1.29, 1.82) is 0 Å². The van der Waals surface area contributed by atoms with Crippen LogP contribution in [0.4, 0.5) is 11.4 Å². The first-order valence-electron chi connectivity index (χ1n) is 8.59. The summed E-state index contributed by atoms with van der Waals surface area (Å²) in [6.45, 7) is 4.33. The summed E-state index contributed by atoms with van der Waals surface area (Å²) in [7, 11) is 2.03. The second-order valence-corrected chi connectivity index (χ2v) is 7.30. The smallest absolute Gasteiger partial charge is 0.0454 e. The highest BCUT2D eigenvalue weighted by Crippen LogP contribution is 2.38. The number of aryl methyl sites for hydroxylation is 2. The molecule has 0 aliphatic carbocycles. The summed E-state index contributed by atoms with van der Waals surface area (Å²) < 4.78 is 0. The Morgan fingerprint density at radius 1 is 1.04 bits per heavy atom. The van der Waals surface area contributed by atoms with E-state index >= 15 is 0 Å². The van der Waals surface area contributed by atoms with Crippen molar-refractivity contribution in [2.45, 2.75) is 31.1 Å². The second-order valence-electron chi connectivity index (χ2n) is 5.96. The van der Waals surface area contributed by atoms with Crippen LogP contribution in [-0.4, -0.2) is 25.9 Å². The summed E-state index contributed by atoms with van der Waals surface area (Å²) in [4.78, 5) is 3.92. The van der Waals surface area contributed by atoms with Gasteiger partial charge in [0.2, 0.25) is 0 Å². The number of benzene rings is 2. The van der Waals surface area contributed by atoms with Crippen molar-refractivity contribution in [1.82, 2.24) is 5.32 Å². The first-order chi connectivity index (χ1) is 11.3. The van der Waals surface area contributed by atoms with Crippen molar-refractivity contribution < 1.29 is 0 Å². The van der Waals surface area contributed by atoms with E-state index in [9.17, 15) is 0 Å². The second kappa shape index (κ2) is 7.89. The van der Waals surface area contributed by atoms with Crippen LogP contribution in [0.2, 0.25) is 0 Å². The maximum Gasteiger partial charge on any atom is 0.0454 e. The average molecular weight is 327 g/mol. The first kappa shape index (κ1) is 16.4. The number of para-hydroxylation sites is 1. The molecule has 2 nitrogen and oxygen atoms in total. The lowest BCUT2D eigenvalue weighted by molar-refractivity contribution is 0.722. The largest absolute Gasteiger partial charge is 0.341 e. The molecule has 0 bridgehead atoms. The Morgan fingerprint density at radius 3 is 2.61 bits per heavy atom. The fourth-order valence-electron chi connectivity index (χ4n) is 3.30. The monoisotopic (exact) mass is 326 g/mol. The number of hydrogen-bond acceptors (Lipinski definition) is 3. The molecular formula is C20H26N2S. The van der Waals surface area contributed by atoms with Crippen LogP contribution < -0.4 is 10.2 Å². The van der Waals surface area contributed by atoms with Crippen LogP contribution >= 0.6 is 11.8 Å². The molecule has 1 heterocycles. The third kappa shape index (κ3) is 3.73. The van der Waals surface area contributed by atoms with Gasteiger partial charge in [-0.2, -0.15) is 0 Å². The van der Waals surface area contributed by atoms with Gasteiger partial charge < -0.3 is 10.2 Å². The Hall–Kier alpha value is -1.45. The highest BCUT2D eigenvalue weighted by Gasteiger charge is 2.20. The lowest BCUT2D eigenvalue weighted by Crippen LogP contribution is -2.23. The molecule has 122 valence electrons. The van der Waals surface area contributed by atoms with Gasteiger partial charge >= 0.3 is 0 Å². The van der Waals surface area contributed by atoms with E-state index in [0.29, 0.717) is 0 Å². The minimum absolute atomic E-state index is 1.05. The van der Waals surface area contributed by atoms with Crippen molar-refractivity contribution in [2.24, 2.45) is 0 Å². The minimum atomic E-state index is 1.05. The van der Waals surface area contributed by atoms with E-state index in [2.05, 4.69) is 59.6 Å². The number of thioether (sulfide) groups is 1. The summed E-state index contributed by atoms with van der Waals surface area (Å²) in [6, 6.07) is 15.9. The van der Waals surface area contributed by atoms with Crippen molar-refractivity contribution in [3.63, 3.8) is 0 Å². The SMILES string of the molecule is CCSc1ccc2c(c1)N(CCCNC)c1ccccc1CC2. The molecule has 3 rings (SSSR count). The summed E-state index contributed by atoms with van der Waals surface area (Å²) in [5, 5.41) is 3.27. The number of anilines is 2. The van der Waals surface area contributed by atoms with Crippen LogP contribution in [0.1, 0.15) is 24.5 Å². The van der Waals surface area contributed by atoms with Gasteiger partial charge in [0.25, 0.3) is 0 Å². The summed E-state index contributed by atoms with van der Waals surface area (Å²) in [5.41, 5.74) is 5.74. The van der Waals surface area contributed by atoms with Gasteiger partial charge in [-0.1, -0.05) is 31.2 Å². The Kier molecular flexibility index (Phi) is 5.63. The zero-order valence-electron chi connectivity index (χ0n) is 14.1. The van der Waals surface area contributed by atoms with Crippen LogP contribution in [0.15, 0.2) is 47.4 Å². The molecule has 0 fully saturated rings. The molecule has 0 atom stereocenters.